The number of carbonyl (C=O) groups excluding carboxylic acids is 2. The van der Waals surface area contributed by atoms with Crippen molar-refractivity contribution in [3.63, 3.8) is 0 Å². The minimum atomic E-state index is -0.0668. The molecule has 0 fully saturated rings. The summed E-state index contributed by atoms with van der Waals surface area (Å²) < 4.78 is 10.7. The Morgan fingerprint density at radius 2 is 1.91 bits per heavy atom. The highest BCUT2D eigenvalue weighted by Gasteiger charge is 2.24. The molecule has 2 aromatic heterocycles. The highest BCUT2D eigenvalue weighted by atomic mass is 32.1. The zero-order valence-electron chi connectivity index (χ0n) is 20.6. The summed E-state index contributed by atoms with van der Waals surface area (Å²) in [5, 5.41) is 3.04. The first-order chi connectivity index (χ1) is 16.9. The Kier molecular flexibility index (Phi) is 7.70. The van der Waals surface area contributed by atoms with Gasteiger partial charge in [0.25, 0.3) is 5.91 Å². The summed E-state index contributed by atoms with van der Waals surface area (Å²) in [5.41, 5.74) is 5.26. The molecule has 1 aromatic carbocycles. The molecule has 1 N–H and O–H groups in total. The van der Waals surface area contributed by atoms with Gasteiger partial charge in [0.2, 0.25) is 5.91 Å². The normalized spacial score (nSPS) is 12.7. The van der Waals surface area contributed by atoms with Gasteiger partial charge in [-0.1, -0.05) is 6.07 Å². The summed E-state index contributed by atoms with van der Waals surface area (Å²) in [6.07, 6.45) is 3.68. The third-order valence-electron chi connectivity index (χ3n) is 6.41. The van der Waals surface area contributed by atoms with Gasteiger partial charge in [-0.2, -0.15) is 0 Å². The first kappa shape index (κ1) is 24.7. The van der Waals surface area contributed by atoms with E-state index in [4.69, 9.17) is 9.47 Å². The number of nitrogens with one attached hydrogen (secondary N) is 1. The Morgan fingerprint density at radius 1 is 1.11 bits per heavy atom. The standard InChI is InChI=1S/C27H31N3O4S/c1-17-5-9-25(35-17)27(32)29-15-22-18(2)28-14-20-16-30(12-11-21(20)22)26(31)10-7-19-6-8-23(33-3)24(13-19)34-4/h5-6,8-9,13-14H,7,10-12,15-16H2,1-4H3,(H,29,32). The number of nitrogens with zero attached hydrogens (tertiary/aromatic N) is 2. The van der Waals surface area contributed by atoms with E-state index in [1.54, 1.807) is 14.2 Å². The van der Waals surface area contributed by atoms with E-state index in [-0.39, 0.29) is 11.8 Å². The van der Waals surface area contributed by atoms with Gasteiger partial charge in [-0.15, -0.1) is 11.3 Å². The maximum Gasteiger partial charge on any atom is 0.261 e. The van der Waals surface area contributed by atoms with E-state index in [0.717, 1.165) is 33.7 Å². The van der Waals surface area contributed by atoms with E-state index < -0.39 is 0 Å². The highest BCUT2D eigenvalue weighted by molar-refractivity contribution is 7.13. The van der Waals surface area contributed by atoms with Crippen LogP contribution in [0, 0.1) is 13.8 Å². The van der Waals surface area contributed by atoms with E-state index in [1.165, 1.54) is 16.9 Å². The van der Waals surface area contributed by atoms with Crippen LogP contribution < -0.4 is 14.8 Å². The number of amides is 2. The van der Waals surface area contributed by atoms with Crippen LogP contribution in [0.25, 0.3) is 0 Å². The average Bonchev–Trinajstić information content (AvgIpc) is 3.32. The van der Waals surface area contributed by atoms with Gasteiger partial charge in [0.15, 0.2) is 11.5 Å². The minimum Gasteiger partial charge on any atom is -0.493 e. The van der Waals surface area contributed by atoms with E-state index in [0.29, 0.717) is 48.9 Å². The van der Waals surface area contributed by atoms with Crippen molar-refractivity contribution in [2.24, 2.45) is 0 Å². The third-order valence-corrected chi connectivity index (χ3v) is 7.41. The number of carbonyl (C=O) groups is 2. The molecule has 0 saturated carbocycles. The first-order valence-corrected chi connectivity index (χ1v) is 12.5. The number of pyridine rings is 1. The Labute approximate surface area is 210 Å². The number of hydrogen-bond donors (Lipinski definition) is 1. The minimum absolute atomic E-state index is 0.0668. The summed E-state index contributed by atoms with van der Waals surface area (Å²) in [7, 11) is 3.21. The number of fused-ring (bicyclic) bond motifs is 1. The Hall–Kier alpha value is -3.39. The Morgan fingerprint density at radius 3 is 2.63 bits per heavy atom. The summed E-state index contributed by atoms with van der Waals surface area (Å²) in [6, 6.07) is 9.55. The van der Waals surface area contributed by atoms with Gasteiger partial charge in [-0.05, 0) is 73.2 Å². The molecule has 0 aliphatic carbocycles. The van der Waals surface area contributed by atoms with Crippen LogP contribution in [0.1, 0.15) is 48.9 Å². The van der Waals surface area contributed by atoms with Crippen molar-refractivity contribution >= 4 is 23.2 Å². The van der Waals surface area contributed by atoms with E-state index in [2.05, 4.69) is 10.3 Å². The van der Waals surface area contributed by atoms with Crippen LogP contribution in [-0.4, -0.2) is 42.5 Å². The van der Waals surface area contributed by atoms with Crippen LogP contribution in [0.15, 0.2) is 36.5 Å². The molecule has 2 amide bonds. The van der Waals surface area contributed by atoms with Gasteiger partial charge in [0.1, 0.15) is 0 Å². The maximum absolute atomic E-state index is 13.0. The summed E-state index contributed by atoms with van der Waals surface area (Å²) in [6.45, 7) is 5.59. The fourth-order valence-electron chi connectivity index (χ4n) is 4.43. The molecule has 0 bridgehead atoms. The quantitative estimate of drug-likeness (QED) is 0.508. The lowest BCUT2D eigenvalue weighted by atomic mass is 9.94. The van der Waals surface area contributed by atoms with Crippen LogP contribution in [0.3, 0.4) is 0 Å². The molecule has 184 valence electrons. The van der Waals surface area contributed by atoms with E-state index >= 15 is 0 Å². The van der Waals surface area contributed by atoms with Crippen molar-refractivity contribution in [1.29, 1.82) is 0 Å². The summed E-state index contributed by atoms with van der Waals surface area (Å²) in [4.78, 5) is 33.8. The molecule has 1 aliphatic rings. The molecular formula is C27H31N3O4S. The van der Waals surface area contributed by atoms with Crippen LogP contribution in [-0.2, 0) is 30.7 Å². The number of ether oxygens (including phenoxy) is 2. The van der Waals surface area contributed by atoms with Gasteiger partial charge in [0, 0.05) is 42.8 Å². The van der Waals surface area contributed by atoms with Crippen LogP contribution in [0.4, 0.5) is 0 Å². The second-order valence-corrected chi connectivity index (χ2v) is 9.96. The van der Waals surface area contributed by atoms with Crippen molar-refractivity contribution in [2.75, 3.05) is 20.8 Å². The number of aryl methyl sites for hydroxylation is 3. The van der Waals surface area contributed by atoms with E-state index in [9.17, 15) is 9.59 Å². The molecule has 0 radical (unpaired) electrons. The number of rotatable bonds is 8. The molecule has 4 rings (SSSR count). The molecule has 8 heteroatoms. The fourth-order valence-corrected chi connectivity index (χ4v) is 5.21. The topological polar surface area (TPSA) is 80.8 Å². The number of methoxy groups -OCH3 is 2. The molecular weight excluding hydrogens is 462 g/mol. The largest absolute Gasteiger partial charge is 0.493 e. The number of hydrogen-bond acceptors (Lipinski definition) is 6. The fraction of sp³-hybridized carbons (Fsp3) is 0.370. The molecule has 7 nitrogen and oxygen atoms in total. The van der Waals surface area contributed by atoms with Crippen LogP contribution in [0.2, 0.25) is 0 Å². The highest BCUT2D eigenvalue weighted by Crippen LogP contribution is 2.29. The van der Waals surface area contributed by atoms with Crippen LogP contribution >= 0.6 is 11.3 Å². The molecule has 0 atom stereocenters. The first-order valence-electron chi connectivity index (χ1n) is 11.7. The monoisotopic (exact) mass is 493 g/mol. The van der Waals surface area contributed by atoms with Gasteiger partial charge < -0.3 is 19.7 Å². The average molecular weight is 494 g/mol. The SMILES string of the molecule is COc1ccc(CCC(=O)N2CCc3c(cnc(C)c3CNC(=O)c3ccc(C)s3)C2)cc1OC. The Balaban J connectivity index is 1.39. The number of aromatic nitrogens is 1. The van der Waals surface area contributed by atoms with Crippen LogP contribution in [0.5, 0.6) is 11.5 Å². The van der Waals surface area contributed by atoms with Gasteiger partial charge in [0.05, 0.1) is 19.1 Å². The predicted molar refractivity (Wildman–Crippen MR) is 136 cm³/mol. The smallest absolute Gasteiger partial charge is 0.261 e. The zero-order chi connectivity index (χ0) is 24.9. The molecule has 35 heavy (non-hydrogen) atoms. The van der Waals surface area contributed by atoms with E-state index in [1.807, 2.05) is 55.3 Å². The van der Waals surface area contributed by atoms with Crippen molar-refractivity contribution in [3.05, 3.63) is 74.2 Å². The van der Waals surface area contributed by atoms with Gasteiger partial charge in [-0.3, -0.25) is 14.6 Å². The second kappa shape index (κ2) is 10.9. The van der Waals surface area contributed by atoms with Crippen molar-refractivity contribution < 1.29 is 19.1 Å². The molecule has 3 aromatic rings. The number of thiophene rings is 1. The molecule has 1 aliphatic heterocycles. The van der Waals surface area contributed by atoms with Crippen molar-refractivity contribution in [2.45, 2.75) is 46.2 Å². The van der Waals surface area contributed by atoms with Gasteiger partial charge in [-0.25, -0.2) is 0 Å². The summed E-state index contributed by atoms with van der Waals surface area (Å²) >= 11 is 1.49. The predicted octanol–water partition coefficient (Wildman–Crippen LogP) is 4.22. The lowest BCUT2D eigenvalue weighted by molar-refractivity contribution is -0.132. The van der Waals surface area contributed by atoms with Crippen molar-refractivity contribution in [1.82, 2.24) is 15.2 Å². The maximum atomic E-state index is 13.0. The lowest BCUT2D eigenvalue weighted by Crippen LogP contribution is -2.37. The summed E-state index contributed by atoms with van der Waals surface area (Å²) in [5.74, 6) is 1.40. The molecule has 0 saturated heterocycles. The van der Waals surface area contributed by atoms with Crippen molar-refractivity contribution in [3.8, 4) is 11.5 Å². The second-order valence-electron chi connectivity index (χ2n) is 8.67. The number of benzene rings is 1. The molecule has 3 heterocycles. The lowest BCUT2D eigenvalue weighted by Gasteiger charge is -2.30. The molecule has 0 spiro atoms. The van der Waals surface area contributed by atoms with Gasteiger partial charge >= 0.3 is 0 Å². The third kappa shape index (κ3) is 5.65. The zero-order valence-corrected chi connectivity index (χ0v) is 21.5. The Bertz CT molecular complexity index is 1240. The molecule has 0 unspecified atom stereocenters.